The van der Waals surface area contributed by atoms with Crippen LogP contribution in [-0.2, 0) is 27.2 Å². The summed E-state index contributed by atoms with van der Waals surface area (Å²) in [4.78, 5) is 23.0. The van der Waals surface area contributed by atoms with E-state index in [0.717, 1.165) is 62.9 Å². The van der Waals surface area contributed by atoms with Gasteiger partial charge in [0.05, 0.1) is 21.1 Å². The van der Waals surface area contributed by atoms with Gasteiger partial charge in [-0.05, 0) is 44.2 Å². The number of hydrogen-bond donors (Lipinski definition) is 0. The van der Waals surface area contributed by atoms with Crippen LogP contribution in [0.25, 0.3) is 0 Å². The molecule has 1 rings (SSSR count). The van der Waals surface area contributed by atoms with Gasteiger partial charge in [0.15, 0.2) is 6.10 Å². The number of likely N-dealkylation sites (N-methyl/N-ethyl adjacent to an activating group) is 1. The number of carbonyl (C=O) groups is 2. The number of ether oxygens (including phenoxy) is 1. The highest BCUT2D eigenvalue weighted by atomic mass is 16.5. The molecule has 0 aromatic carbocycles. The van der Waals surface area contributed by atoms with Gasteiger partial charge in [0.2, 0.25) is 0 Å². The van der Waals surface area contributed by atoms with Gasteiger partial charge in [0.1, 0.15) is 18.1 Å². The Morgan fingerprint density at radius 1 is 0.906 bits per heavy atom. The molecule has 1 aromatic heterocycles. The summed E-state index contributed by atoms with van der Waals surface area (Å²) >= 11 is 0. The van der Waals surface area contributed by atoms with E-state index in [1.807, 2.05) is 21.1 Å². The zero-order chi connectivity index (χ0) is 24.1. The van der Waals surface area contributed by atoms with Crippen LogP contribution >= 0.6 is 0 Å². The van der Waals surface area contributed by atoms with E-state index in [0.29, 0.717) is 17.4 Å². The lowest BCUT2D eigenvalue weighted by Gasteiger charge is -2.29. The van der Waals surface area contributed by atoms with E-state index in [1.54, 1.807) is 0 Å². The highest BCUT2D eigenvalue weighted by Crippen LogP contribution is 2.24. The number of quaternary nitrogens is 1. The van der Waals surface area contributed by atoms with Crippen LogP contribution in [0.15, 0.2) is 4.42 Å². The SMILES string of the molecule is CCCCc1oc(CCCCCCCCC(=O)OC(CC(=O)[O-])C[N+](C)(C)C)c(C)c1C. The topological polar surface area (TPSA) is 79.6 Å². The smallest absolute Gasteiger partial charge is 0.306 e. The molecule has 0 radical (unpaired) electrons. The van der Waals surface area contributed by atoms with Gasteiger partial charge >= 0.3 is 5.97 Å². The molecule has 0 saturated carbocycles. The maximum atomic E-state index is 12.1. The fraction of sp³-hybridized carbons (Fsp3) is 0.769. The molecule has 184 valence electrons. The Bertz CT molecular complexity index is 702. The lowest BCUT2D eigenvalue weighted by molar-refractivity contribution is -0.873. The van der Waals surface area contributed by atoms with Gasteiger partial charge in [-0.25, -0.2) is 0 Å². The molecule has 0 fully saturated rings. The fourth-order valence-corrected chi connectivity index (χ4v) is 3.98. The Morgan fingerprint density at radius 3 is 1.97 bits per heavy atom. The number of unbranched alkanes of at least 4 members (excludes halogenated alkanes) is 6. The third-order valence-electron chi connectivity index (χ3n) is 5.88. The van der Waals surface area contributed by atoms with E-state index >= 15 is 0 Å². The molecule has 1 unspecified atom stereocenters. The Kier molecular flexibility index (Phi) is 12.7. The third-order valence-corrected chi connectivity index (χ3v) is 5.88. The molecular formula is C26H45NO5. The molecule has 32 heavy (non-hydrogen) atoms. The highest BCUT2D eigenvalue weighted by Gasteiger charge is 2.22. The van der Waals surface area contributed by atoms with Crippen molar-refractivity contribution in [3.05, 3.63) is 22.6 Å². The molecule has 0 spiro atoms. The van der Waals surface area contributed by atoms with Crippen LogP contribution in [0.1, 0.15) is 93.8 Å². The largest absolute Gasteiger partial charge is 0.550 e. The summed E-state index contributed by atoms with van der Waals surface area (Å²) in [5, 5.41) is 10.9. The summed E-state index contributed by atoms with van der Waals surface area (Å²) in [6, 6.07) is 0. The molecule has 0 aliphatic rings. The number of furan rings is 1. The minimum absolute atomic E-state index is 0.254. The summed E-state index contributed by atoms with van der Waals surface area (Å²) in [6.07, 6.45) is 10.1. The summed E-state index contributed by atoms with van der Waals surface area (Å²) in [7, 11) is 5.82. The minimum atomic E-state index is -1.19. The summed E-state index contributed by atoms with van der Waals surface area (Å²) < 4.78 is 12.0. The van der Waals surface area contributed by atoms with Gasteiger partial charge in [0.25, 0.3) is 0 Å². The maximum absolute atomic E-state index is 12.1. The Labute approximate surface area is 194 Å². The van der Waals surface area contributed by atoms with E-state index in [4.69, 9.17) is 9.15 Å². The van der Waals surface area contributed by atoms with Crippen LogP contribution in [0.5, 0.6) is 0 Å². The third kappa shape index (κ3) is 11.7. The van der Waals surface area contributed by atoms with Crippen molar-refractivity contribution in [2.24, 2.45) is 0 Å². The van der Waals surface area contributed by atoms with Crippen molar-refractivity contribution in [3.8, 4) is 0 Å². The number of aryl methyl sites for hydroxylation is 2. The quantitative estimate of drug-likeness (QED) is 0.201. The minimum Gasteiger partial charge on any atom is -0.550 e. The molecule has 1 heterocycles. The van der Waals surface area contributed by atoms with Crippen molar-refractivity contribution in [1.29, 1.82) is 0 Å². The van der Waals surface area contributed by atoms with Gasteiger partial charge in [-0.3, -0.25) is 4.79 Å². The Balaban J connectivity index is 2.20. The molecule has 0 N–H and O–H groups in total. The molecule has 6 nitrogen and oxygen atoms in total. The predicted molar refractivity (Wildman–Crippen MR) is 125 cm³/mol. The van der Waals surface area contributed by atoms with E-state index in [2.05, 4.69) is 20.8 Å². The van der Waals surface area contributed by atoms with E-state index in [-0.39, 0.29) is 12.4 Å². The summed E-state index contributed by atoms with van der Waals surface area (Å²) in [6.45, 7) is 6.99. The first-order valence-electron chi connectivity index (χ1n) is 12.3. The summed E-state index contributed by atoms with van der Waals surface area (Å²) in [5.41, 5.74) is 2.64. The number of nitrogens with zero attached hydrogens (tertiary/aromatic N) is 1. The first-order valence-corrected chi connectivity index (χ1v) is 12.3. The highest BCUT2D eigenvalue weighted by molar-refractivity contribution is 5.70. The molecular weight excluding hydrogens is 406 g/mol. The number of carboxylic acid groups (broad SMARTS) is 1. The van der Waals surface area contributed by atoms with Gasteiger partial charge in [-0.2, -0.15) is 0 Å². The summed E-state index contributed by atoms with van der Waals surface area (Å²) in [5.74, 6) is 0.812. The van der Waals surface area contributed by atoms with Crippen molar-refractivity contribution in [3.63, 3.8) is 0 Å². The average molecular weight is 452 g/mol. The Hall–Kier alpha value is -1.82. The molecule has 1 atom stereocenters. The first-order chi connectivity index (χ1) is 15.0. The second-order valence-corrected chi connectivity index (χ2v) is 10.1. The van der Waals surface area contributed by atoms with Crippen LogP contribution in [-0.4, -0.2) is 50.2 Å². The number of rotatable bonds is 17. The predicted octanol–water partition coefficient (Wildman–Crippen LogP) is 4.27. The number of esters is 1. The lowest BCUT2D eigenvalue weighted by Crippen LogP contribution is -2.45. The second-order valence-electron chi connectivity index (χ2n) is 10.1. The van der Waals surface area contributed by atoms with Crippen molar-refractivity contribution in [2.75, 3.05) is 27.7 Å². The van der Waals surface area contributed by atoms with Crippen LogP contribution in [0.4, 0.5) is 0 Å². The van der Waals surface area contributed by atoms with E-state index in [9.17, 15) is 14.7 Å². The van der Waals surface area contributed by atoms with Gasteiger partial charge < -0.3 is 23.5 Å². The van der Waals surface area contributed by atoms with Crippen LogP contribution in [0.2, 0.25) is 0 Å². The normalized spacial score (nSPS) is 12.7. The molecule has 1 aromatic rings. The van der Waals surface area contributed by atoms with Crippen molar-refractivity contribution < 1.29 is 28.3 Å². The standard InChI is InChI=1S/C26H45NO5/c1-7-8-15-23-20(2)21(3)24(32-23)16-13-11-9-10-12-14-17-26(30)31-22(18-25(28)29)19-27(4,5)6/h22H,7-19H2,1-6H3. The molecule has 0 saturated heterocycles. The van der Waals surface area contributed by atoms with Gasteiger partial charge in [0, 0.05) is 31.7 Å². The molecule has 0 bridgehead atoms. The fourth-order valence-electron chi connectivity index (χ4n) is 3.98. The number of carboxylic acids is 1. The molecule has 0 amide bonds. The first kappa shape index (κ1) is 28.2. The lowest BCUT2D eigenvalue weighted by atomic mass is 10.0. The monoisotopic (exact) mass is 451 g/mol. The zero-order valence-corrected chi connectivity index (χ0v) is 21.3. The maximum Gasteiger partial charge on any atom is 0.306 e. The molecule has 0 aliphatic heterocycles. The van der Waals surface area contributed by atoms with Crippen LogP contribution in [0.3, 0.4) is 0 Å². The van der Waals surface area contributed by atoms with Crippen molar-refractivity contribution in [2.45, 2.75) is 104 Å². The Morgan fingerprint density at radius 2 is 1.44 bits per heavy atom. The van der Waals surface area contributed by atoms with E-state index in [1.165, 1.54) is 24.0 Å². The van der Waals surface area contributed by atoms with E-state index < -0.39 is 12.1 Å². The second kappa shape index (κ2) is 14.4. The van der Waals surface area contributed by atoms with Crippen molar-refractivity contribution >= 4 is 11.9 Å². The molecule has 0 aliphatic carbocycles. The zero-order valence-electron chi connectivity index (χ0n) is 21.3. The van der Waals surface area contributed by atoms with Gasteiger partial charge in [-0.1, -0.05) is 39.0 Å². The number of aliphatic carboxylic acids is 1. The van der Waals surface area contributed by atoms with Crippen LogP contribution < -0.4 is 5.11 Å². The van der Waals surface area contributed by atoms with Crippen LogP contribution in [0, 0.1) is 13.8 Å². The number of carbonyl (C=O) groups excluding carboxylic acids is 2. The average Bonchev–Trinajstić information content (AvgIpc) is 2.94. The van der Waals surface area contributed by atoms with Gasteiger partial charge in [-0.15, -0.1) is 0 Å². The van der Waals surface area contributed by atoms with Crippen molar-refractivity contribution in [1.82, 2.24) is 0 Å². The molecule has 6 heteroatoms. The number of hydrogen-bond acceptors (Lipinski definition) is 5.